The van der Waals surface area contributed by atoms with Crippen molar-refractivity contribution in [3.05, 3.63) is 70.8 Å². The molecule has 2 aromatic carbocycles. The van der Waals surface area contributed by atoms with Gasteiger partial charge in [0.05, 0.1) is 11.3 Å². The summed E-state index contributed by atoms with van der Waals surface area (Å²) in [6.45, 7) is 3.78. The number of carbonyl (C=O) groups excluding carboxylic acids is 1. The van der Waals surface area contributed by atoms with E-state index in [0.29, 0.717) is 22.6 Å². The lowest BCUT2D eigenvalue weighted by Crippen LogP contribution is -2.26. The summed E-state index contributed by atoms with van der Waals surface area (Å²) in [7, 11) is -3.75. The molecule has 28 heavy (non-hydrogen) atoms. The summed E-state index contributed by atoms with van der Waals surface area (Å²) in [4.78, 5) is 22.5. The van der Waals surface area contributed by atoms with Gasteiger partial charge in [0.2, 0.25) is 10.0 Å². The molecule has 0 saturated carbocycles. The van der Waals surface area contributed by atoms with E-state index in [1.807, 2.05) is 0 Å². The van der Waals surface area contributed by atoms with Crippen LogP contribution in [0.3, 0.4) is 0 Å². The molecule has 2 N–H and O–H groups in total. The minimum atomic E-state index is -3.75. The van der Waals surface area contributed by atoms with E-state index in [2.05, 4.69) is 11.3 Å². The third-order valence-electron chi connectivity index (χ3n) is 4.03. The standard InChI is InChI=1S/C20H20ClNO5S/c1-2-15-7-8-17(21)13-19(15)28(26,27)22-12-11-14-3-5-16(6-4-14)18(23)9-10-20(24)25/h2-8,13,22H,1,9-12H2,(H,24,25). The number of sulfonamides is 1. The van der Waals surface area contributed by atoms with Crippen LogP contribution in [-0.2, 0) is 21.2 Å². The zero-order valence-electron chi connectivity index (χ0n) is 15.0. The highest BCUT2D eigenvalue weighted by Gasteiger charge is 2.17. The lowest BCUT2D eigenvalue weighted by molar-refractivity contribution is -0.136. The summed E-state index contributed by atoms with van der Waals surface area (Å²) in [6, 6.07) is 11.2. The second kappa shape index (κ2) is 9.64. The number of benzene rings is 2. The maximum absolute atomic E-state index is 12.5. The summed E-state index contributed by atoms with van der Waals surface area (Å²) < 4.78 is 27.6. The van der Waals surface area contributed by atoms with Gasteiger partial charge in [0.25, 0.3) is 0 Å². The molecule has 2 rings (SSSR count). The highest BCUT2D eigenvalue weighted by Crippen LogP contribution is 2.21. The minimum Gasteiger partial charge on any atom is -0.481 e. The van der Waals surface area contributed by atoms with Gasteiger partial charge in [0.15, 0.2) is 5.78 Å². The monoisotopic (exact) mass is 421 g/mol. The number of aliphatic carboxylic acids is 1. The zero-order valence-corrected chi connectivity index (χ0v) is 16.6. The van der Waals surface area contributed by atoms with Crippen molar-refractivity contribution in [1.82, 2.24) is 4.72 Å². The molecule has 0 spiro atoms. The van der Waals surface area contributed by atoms with E-state index < -0.39 is 16.0 Å². The van der Waals surface area contributed by atoms with E-state index in [0.717, 1.165) is 5.56 Å². The maximum Gasteiger partial charge on any atom is 0.303 e. The normalized spacial score (nSPS) is 11.2. The van der Waals surface area contributed by atoms with Crippen LogP contribution in [0.25, 0.3) is 6.08 Å². The van der Waals surface area contributed by atoms with Crippen LogP contribution in [0.5, 0.6) is 0 Å². The molecule has 8 heteroatoms. The predicted octanol–water partition coefficient (Wildman–Crippen LogP) is 3.55. The fraction of sp³-hybridized carbons (Fsp3) is 0.200. The Morgan fingerprint density at radius 3 is 2.39 bits per heavy atom. The number of carboxylic acids is 1. The highest BCUT2D eigenvalue weighted by atomic mass is 35.5. The number of nitrogens with one attached hydrogen (secondary N) is 1. The number of carbonyl (C=O) groups is 2. The fourth-order valence-electron chi connectivity index (χ4n) is 2.54. The summed E-state index contributed by atoms with van der Waals surface area (Å²) in [5.74, 6) is -1.26. The van der Waals surface area contributed by atoms with E-state index in [4.69, 9.17) is 16.7 Å². The van der Waals surface area contributed by atoms with Gasteiger partial charge in [-0.3, -0.25) is 9.59 Å². The number of hydrogen-bond acceptors (Lipinski definition) is 4. The molecule has 0 fully saturated rings. The quantitative estimate of drug-likeness (QED) is 0.571. The molecule has 0 heterocycles. The molecule has 0 aliphatic rings. The Balaban J connectivity index is 1.97. The first-order chi connectivity index (χ1) is 13.2. The highest BCUT2D eigenvalue weighted by molar-refractivity contribution is 7.89. The molecular formula is C20H20ClNO5S. The Kier molecular flexibility index (Phi) is 7.51. The van der Waals surface area contributed by atoms with Crippen LogP contribution < -0.4 is 4.72 Å². The average Bonchev–Trinajstić information content (AvgIpc) is 2.66. The molecule has 0 aliphatic carbocycles. The first-order valence-electron chi connectivity index (χ1n) is 8.48. The molecule has 0 amide bonds. The van der Waals surface area contributed by atoms with Crippen molar-refractivity contribution >= 4 is 39.5 Å². The molecule has 148 valence electrons. The van der Waals surface area contributed by atoms with Crippen molar-refractivity contribution in [2.24, 2.45) is 0 Å². The molecule has 0 aromatic heterocycles. The van der Waals surface area contributed by atoms with Crippen LogP contribution in [0.2, 0.25) is 5.02 Å². The third-order valence-corrected chi connectivity index (χ3v) is 5.78. The van der Waals surface area contributed by atoms with Crippen molar-refractivity contribution in [2.45, 2.75) is 24.2 Å². The number of carboxylic acid groups (broad SMARTS) is 1. The van der Waals surface area contributed by atoms with E-state index in [1.165, 1.54) is 12.1 Å². The smallest absolute Gasteiger partial charge is 0.303 e. The van der Waals surface area contributed by atoms with Gasteiger partial charge in [0.1, 0.15) is 0 Å². The van der Waals surface area contributed by atoms with Gasteiger partial charge in [-0.25, -0.2) is 13.1 Å². The topological polar surface area (TPSA) is 101 Å². The van der Waals surface area contributed by atoms with Crippen LogP contribution in [0.15, 0.2) is 53.9 Å². The molecule has 6 nitrogen and oxygen atoms in total. The van der Waals surface area contributed by atoms with Gasteiger partial charge in [-0.1, -0.05) is 54.6 Å². The van der Waals surface area contributed by atoms with Crippen LogP contribution in [-0.4, -0.2) is 31.8 Å². The molecular weight excluding hydrogens is 402 g/mol. The van der Waals surface area contributed by atoms with Gasteiger partial charge < -0.3 is 5.11 Å². The molecule has 0 unspecified atom stereocenters. The fourth-order valence-corrected chi connectivity index (χ4v) is 4.05. The Morgan fingerprint density at radius 2 is 1.79 bits per heavy atom. The number of halogens is 1. The van der Waals surface area contributed by atoms with Crippen molar-refractivity contribution in [2.75, 3.05) is 6.54 Å². The summed E-state index contributed by atoms with van der Waals surface area (Å²) in [5, 5.41) is 8.94. The summed E-state index contributed by atoms with van der Waals surface area (Å²) in [6.07, 6.45) is 1.61. The van der Waals surface area contributed by atoms with E-state index in [9.17, 15) is 18.0 Å². The van der Waals surface area contributed by atoms with E-state index >= 15 is 0 Å². The third kappa shape index (κ3) is 6.02. The number of hydrogen-bond donors (Lipinski definition) is 2. The Labute approximate surface area is 168 Å². The zero-order chi connectivity index (χ0) is 20.7. The Hall–Kier alpha value is -2.48. The van der Waals surface area contributed by atoms with Gasteiger partial charge in [-0.05, 0) is 29.7 Å². The molecule has 2 aromatic rings. The summed E-state index contributed by atoms with van der Waals surface area (Å²) >= 11 is 5.90. The van der Waals surface area contributed by atoms with Crippen LogP contribution in [0, 0.1) is 0 Å². The predicted molar refractivity (Wildman–Crippen MR) is 108 cm³/mol. The lowest BCUT2D eigenvalue weighted by atomic mass is 10.0. The Morgan fingerprint density at radius 1 is 1.11 bits per heavy atom. The Bertz CT molecular complexity index is 984. The van der Waals surface area contributed by atoms with Crippen LogP contribution in [0.1, 0.15) is 34.3 Å². The van der Waals surface area contributed by atoms with Gasteiger partial charge in [-0.15, -0.1) is 0 Å². The summed E-state index contributed by atoms with van der Waals surface area (Å²) in [5.41, 5.74) is 1.73. The second-order valence-electron chi connectivity index (χ2n) is 6.05. The van der Waals surface area contributed by atoms with Crippen molar-refractivity contribution in [3.8, 4) is 0 Å². The van der Waals surface area contributed by atoms with Crippen molar-refractivity contribution in [3.63, 3.8) is 0 Å². The lowest BCUT2D eigenvalue weighted by Gasteiger charge is -2.10. The second-order valence-corrected chi connectivity index (χ2v) is 8.22. The van der Waals surface area contributed by atoms with Gasteiger partial charge in [-0.2, -0.15) is 0 Å². The van der Waals surface area contributed by atoms with E-state index in [-0.39, 0.29) is 30.1 Å². The van der Waals surface area contributed by atoms with E-state index in [1.54, 1.807) is 36.4 Å². The first-order valence-corrected chi connectivity index (χ1v) is 10.3. The van der Waals surface area contributed by atoms with Crippen molar-refractivity contribution in [1.29, 1.82) is 0 Å². The van der Waals surface area contributed by atoms with Gasteiger partial charge >= 0.3 is 5.97 Å². The molecule has 0 aliphatic heterocycles. The average molecular weight is 422 g/mol. The number of rotatable bonds is 10. The van der Waals surface area contributed by atoms with Crippen LogP contribution >= 0.6 is 11.6 Å². The number of Topliss-reactive ketones (excluding diaryl/α,β-unsaturated/α-hetero) is 1. The largest absolute Gasteiger partial charge is 0.481 e. The SMILES string of the molecule is C=Cc1ccc(Cl)cc1S(=O)(=O)NCCc1ccc(C(=O)CCC(=O)O)cc1. The first kappa shape index (κ1) is 21.8. The number of ketones is 1. The van der Waals surface area contributed by atoms with Gasteiger partial charge in [0, 0.05) is 23.6 Å². The molecule has 0 saturated heterocycles. The van der Waals surface area contributed by atoms with Crippen LogP contribution in [0.4, 0.5) is 0 Å². The molecule has 0 radical (unpaired) electrons. The minimum absolute atomic E-state index is 0.0558. The van der Waals surface area contributed by atoms with Crippen molar-refractivity contribution < 1.29 is 23.1 Å². The maximum atomic E-state index is 12.5. The molecule has 0 bridgehead atoms. The molecule has 0 atom stereocenters.